The van der Waals surface area contributed by atoms with Crippen molar-refractivity contribution in [2.45, 2.75) is 0 Å². The maximum absolute atomic E-state index is 5.40. The van der Waals surface area contributed by atoms with E-state index in [1.807, 2.05) is 24.3 Å². The van der Waals surface area contributed by atoms with E-state index in [-0.39, 0.29) is 0 Å². The Morgan fingerprint density at radius 1 is 1.33 bits per heavy atom. The van der Waals surface area contributed by atoms with E-state index in [1.165, 1.54) is 10.8 Å². The normalized spacial score (nSPS) is 12.9. The summed E-state index contributed by atoms with van der Waals surface area (Å²) in [6.45, 7) is 3.67. The quantitative estimate of drug-likeness (QED) is 0.547. The Kier molecular flexibility index (Phi) is 5.69. The largest absolute Gasteiger partial charge is 0.465 e. The van der Waals surface area contributed by atoms with Gasteiger partial charge in [-0.1, -0.05) is 61.2 Å². The van der Waals surface area contributed by atoms with Crippen molar-refractivity contribution in [1.29, 1.82) is 0 Å². The number of hydrogen-bond donors (Lipinski definition) is 0. The lowest BCUT2D eigenvalue weighted by molar-refractivity contribution is 0.673. The molecule has 0 atom stereocenters. The summed E-state index contributed by atoms with van der Waals surface area (Å²) < 4.78 is 5.40. The van der Waals surface area contributed by atoms with E-state index < -0.39 is 9.76 Å². The van der Waals surface area contributed by atoms with Crippen LogP contribution in [0.4, 0.5) is 0 Å². The number of rotatable bonds is 5. The average molecular weight is 232 g/mol. The number of benzene rings is 1. The van der Waals surface area contributed by atoms with Crippen LogP contribution in [0.15, 0.2) is 60.3 Å². The molecule has 0 aliphatic heterocycles. The highest BCUT2D eigenvalue weighted by Crippen LogP contribution is 2.06. The van der Waals surface area contributed by atoms with Gasteiger partial charge in [0.25, 0.3) is 0 Å². The second-order valence-corrected chi connectivity index (χ2v) is 6.57. The van der Waals surface area contributed by atoms with E-state index in [4.69, 9.17) is 4.12 Å². The van der Waals surface area contributed by atoms with Crippen molar-refractivity contribution in [2.75, 3.05) is 0 Å². The van der Waals surface area contributed by atoms with E-state index in [9.17, 15) is 0 Å². The third kappa shape index (κ3) is 4.74. The number of allylic oxidation sites excluding steroid dienone is 4. The van der Waals surface area contributed by atoms with Gasteiger partial charge in [0, 0.05) is 0 Å². The van der Waals surface area contributed by atoms with Gasteiger partial charge < -0.3 is 4.12 Å². The maximum atomic E-state index is 5.40. The molecule has 0 unspecified atom stereocenters. The highest BCUT2D eigenvalue weighted by atomic mass is 28.3. The molecule has 1 aromatic carbocycles. The molecule has 0 radical (unpaired) electrons. The summed E-state index contributed by atoms with van der Waals surface area (Å²) in [7, 11) is 0.283. The zero-order valence-electron chi connectivity index (χ0n) is 9.02. The van der Waals surface area contributed by atoms with Crippen molar-refractivity contribution in [3.8, 4) is 0 Å². The van der Waals surface area contributed by atoms with Crippen LogP contribution in [0, 0.1) is 0 Å². The smallest absolute Gasteiger partial charge is 0.178 e. The Morgan fingerprint density at radius 2 is 2.07 bits per heavy atom. The Balaban J connectivity index is 2.83. The lowest BCUT2D eigenvalue weighted by Gasteiger charge is -2.00. The highest BCUT2D eigenvalue weighted by Gasteiger charge is 1.93. The molecule has 0 saturated carbocycles. The molecule has 1 rings (SSSR count). The molecule has 1 nitrogen and oxygen atoms in total. The van der Waals surface area contributed by atoms with Gasteiger partial charge in [-0.25, -0.2) is 0 Å². The first-order valence-corrected chi connectivity index (χ1v) is 7.00. The van der Waals surface area contributed by atoms with Crippen molar-refractivity contribution >= 4 is 26.3 Å². The molecule has 0 spiro atoms. The molecule has 0 amide bonds. The van der Waals surface area contributed by atoms with Crippen LogP contribution in [0.5, 0.6) is 0 Å². The van der Waals surface area contributed by atoms with Crippen LogP contribution < -0.4 is 0 Å². The van der Waals surface area contributed by atoms with Crippen LogP contribution in [-0.4, -0.2) is 20.2 Å². The minimum Gasteiger partial charge on any atom is -0.465 e. The summed E-state index contributed by atoms with van der Waals surface area (Å²) in [6, 6.07) is 10.3. The van der Waals surface area contributed by atoms with Crippen LogP contribution in [-0.2, 0) is 4.12 Å². The van der Waals surface area contributed by atoms with Crippen LogP contribution in [0.3, 0.4) is 0 Å². The van der Waals surface area contributed by atoms with Gasteiger partial charge in [0.15, 0.2) is 9.76 Å². The van der Waals surface area contributed by atoms with E-state index in [2.05, 4.69) is 30.9 Å². The predicted octanol–water partition coefficient (Wildman–Crippen LogP) is 1.15. The first-order valence-electron chi connectivity index (χ1n) is 4.90. The molecule has 0 aromatic heterocycles. The topological polar surface area (TPSA) is 9.23 Å². The fourth-order valence-corrected chi connectivity index (χ4v) is 3.14. The van der Waals surface area contributed by atoms with Gasteiger partial charge in [-0.3, -0.25) is 0 Å². The summed E-state index contributed by atoms with van der Waals surface area (Å²) >= 11 is 0. The fraction of sp³-hybridized carbons (Fsp3) is 0. The summed E-state index contributed by atoms with van der Waals surface area (Å²) in [4.78, 5) is 0. The maximum Gasteiger partial charge on any atom is 0.178 e. The third-order valence-corrected chi connectivity index (χ3v) is 3.84. The number of hydrogen-bond acceptors (Lipinski definition) is 1. The molecule has 0 saturated heterocycles. The monoisotopic (exact) mass is 232 g/mol. The fourth-order valence-electron chi connectivity index (χ4n) is 1.26. The predicted molar refractivity (Wildman–Crippen MR) is 73.3 cm³/mol. The summed E-state index contributed by atoms with van der Waals surface area (Å²) in [5, 5.41) is 1.30. The molecule has 0 heterocycles. The van der Waals surface area contributed by atoms with Gasteiger partial charge in [0.2, 0.25) is 0 Å². The van der Waals surface area contributed by atoms with Gasteiger partial charge in [0.05, 0.1) is 0 Å². The van der Waals surface area contributed by atoms with Crippen molar-refractivity contribution in [3.63, 3.8) is 0 Å². The third-order valence-electron chi connectivity index (χ3n) is 1.91. The molecule has 0 aliphatic carbocycles. The van der Waals surface area contributed by atoms with Crippen LogP contribution in [0.25, 0.3) is 6.08 Å². The molecule has 15 heavy (non-hydrogen) atoms. The van der Waals surface area contributed by atoms with Gasteiger partial charge in [-0.15, -0.1) is 0 Å². The molecular formula is C12H16OSi2. The Bertz CT molecular complexity index is 355. The molecule has 0 fully saturated rings. The van der Waals surface area contributed by atoms with E-state index >= 15 is 0 Å². The Hall–Kier alpha value is -1.17. The van der Waals surface area contributed by atoms with Crippen LogP contribution >= 0.6 is 0 Å². The SMILES string of the molecule is C=CC=CC(=Cc1ccccc1)[SiH2]O[SiH3]. The molecule has 1 aromatic rings. The molecule has 78 valence electrons. The average Bonchev–Trinajstić information content (AvgIpc) is 2.28. The van der Waals surface area contributed by atoms with Gasteiger partial charge in [-0.2, -0.15) is 0 Å². The summed E-state index contributed by atoms with van der Waals surface area (Å²) in [6.07, 6.45) is 8.02. The van der Waals surface area contributed by atoms with Crippen LogP contribution in [0.1, 0.15) is 5.56 Å². The Morgan fingerprint density at radius 3 is 2.67 bits per heavy atom. The second kappa shape index (κ2) is 7.17. The lowest BCUT2D eigenvalue weighted by Crippen LogP contribution is -1.97. The molecule has 0 bridgehead atoms. The van der Waals surface area contributed by atoms with Gasteiger partial charge in [-0.05, 0) is 10.8 Å². The minimum atomic E-state index is -0.540. The molecular weight excluding hydrogens is 216 g/mol. The lowest BCUT2D eigenvalue weighted by atomic mass is 10.2. The summed E-state index contributed by atoms with van der Waals surface area (Å²) in [5.74, 6) is 0. The highest BCUT2D eigenvalue weighted by molar-refractivity contribution is 6.45. The van der Waals surface area contributed by atoms with E-state index in [1.54, 1.807) is 6.08 Å². The van der Waals surface area contributed by atoms with Crippen molar-refractivity contribution < 1.29 is 4.12 Å². The van der Waals surface area contributed by atoms with Crippen molar-refractivity contribution in [1.82, 2.24) is 0 Å². The summed E-state index contributed by atoms with van der Waals surface area (Å²) in [5.41, 5.74) is 1.23. The zero-order valence-corrected chi connectivity index (χ0v) is 12.4. The minimum absolute atomic E-state index is 0.540. The second-order valence-electron chi connectivity index (χ2n) is 3.16. The zero-order chi connectivity index (χ0) is 10.9. The first-order chi connectivity index (χ1) is 7.36. The van der Waals surface area contributed by atoms with Gasteiger partial charge >= 0.3 is 0 Å². The first kappa shape index (κ1) is 11.9. The Labute approximate surface area is 96.7 Å². The van der Waals surface area contributed by atoms with E-state index in [0.717, 1.165) is 10.5 Å². The molecule has 0 aliphatic rings. The molecule has 3 heteroatoms. The van der Waals surface area contributed by atoms with Crippen molar-refractivity contribution in [3.05, 3.63) is 65.9 Å². The van der Waals surface area contributed by atoms with E-state index in [0.29, 0.717) is 0 Å². The van der Waals surface area contributed by atoms with Crippen LogP contribution in [0.2, 0.25) is 0 Å². The van der Waals surface area contributed by atoms with Crippen molar-refractivity contribution in [2.24, 2.45) is 0 Å². The standard InChI is InChI=1S/C12H16OSi2/c1-2-3-9-12(15-13-14)10-11-7-5-4-6-8-11/h2-10H,1,15H2,14H3. The van der Waals surface area contributed by atoms with Gasteiger partial charge in [0.1, 0.15) is 10.5 Å². The molecule has 0 N–H and O–H groups in total.